The van der Waals surface area contributed by atoms with E-state index in [-0.39, 0.29) is 10.8 Å². The Kier molecular flexibility index (Phi) is 4.82. The lowest BCUT2D eigenvalue weighted by Crippen LogP contribution is -2.26. The number of nitrogens with zero attached hydrogens (tertiary/aromatic N) is 1. The molecule has 0 bridgehead atoms. The number of carbonyl (C=O) groups excluding carboxylic acids is 1. The molecule has 0 aliphatic rings. The molecule has 0 fully saturated rings. The Morgan fingerprint density at radius 2 is 1.67 bits per heavy atom. The zero-order chi connectivity index (χ0) is 20.0. The van der Waals surface area contributed by atoms with Gasteiger partial charge < -0.3 is 0 Å². The molecular formula is C20H21ClN2O3S. The molecule has 27 heavy (non-hydrogen) atoms. The molecule has 3 aromatic rings. The predicted octanol–water partition coefficient (Wildman–Crippen LogP) is 5.09. The highest BCUT2D eigenvalue weighted by atomic mass is 35.5. The van der Waals surface area contributed by atoms with Gasteiger partial charge in [-0.2, -0.15) is 0 Å². The monoisotopic (exact) mass is 404 g/mol. The van der Waals surface area contributed by atoms with Gasteiger partial charge in [0.1, 0.15) is 0 Å². The summed E-state index contributed by atoms with van der Waals surface area (Å²) >= 11 is 6.27. The number of hydrogen-bond acceptors (Lipinski definition) is 3. The second kappa shape index (κ2) is 6.69. The zero-order valence-electron chi connectivity index (χ0n) is 15.6. The standard InChI is InChI=1S/C20H21ClN2O3S/c1-13-5-7-14(8-6-13)27(25,26)22-17-10-9-16(21)15-11-12-23(18(15)17)19(24)20(2,3)4/h5-12,22H,1-4H3. The normalized spacial score (nSPS) is 12.3. The molecule has 5 nitrogen and oxygen atoms in total. The Morgan fingerprint density at radius 3 is 2.26 bits per heavy atom. The summed E-state index contributed by atoms with van der Waals surface area (Å²) in [7, 11) is -3.81. The zero-order valence-corrected chi connectivity index (χ0v) is 17.1. The summed E-state index contributed by atoms with van der Waals surface area (Å²) in [5.41, 5.74) is 1.07. The quantitative estimate of drug-likeness (QED) is 0.661. The maximum Gasteiger partial charge on any atom is 0.261 e. The van der Waals surface area contributed by atoms with Crippen LogP contribution in [0, 0.1) is 12.3 Å². The van der Waals surface area contributed by atoms with E-state index in [1.807, 2.05) is 27.7 Å². The van der Waals surface area contributed by atoms with Crippen molar-refractivity contribution < 1.29 is 13.2 Å². The summed E-state index contributed by atoms with van der Waals surface area (Å²) in [6, 6.07) is 11.5. The first-order valence-electron chi connectivity index (χ1n) is 8.44. The van der Waals surface area contributed by atoms with Crippen LogP contribution in [-0.2, 0) is 10.0 Å². The van der Waals surface area contributed by atoms with Crippen molar-refractivity contribution in [2.24, 2.45) is 5.41 Å². The van der Waals surface area contributed by atoms with E-state index in [1.54, 1.807) is 48.7 Å². The van der Waals surface area contributed by atoms with E-state index in [1.165, 1.54) is 4.57 Å². The number of fused-ring (bicyclic) bond motifs is 1. The molecule has 0 atom stereocenters. The number of hydrogen-bond donors (Lipinski definition) is 1. The second-order valence-corrected chi connectivity index (χ2v) is 9.61. The molecule has 7 heteroatoms. The highest BCUT2D eigenvalue weighted by Gasteiger charge is 2.26. The number of benzene rings is 2. The van der Waals surface area contributed by atoms with Gasteiger partial charge in [0.2, 0.25) is 5.91 Å². The van der Waals surface area contributed by atoms with Crippen LogP contribution in [0.5, 0.6) is 0 Å². The highest BCUT2D eigenvalue weighted by Crippen LogP contribution is 2.34. The minimum absolute atomic E-state index is 0.149. The molecule has 0 aliphatic heterocycles. The topological polar surface area (TPSA) is 68.2 Å². The van der Waals surface area contributed by atoms with Gasteiger partial charge in [0.15, 0.2) is 0 Å². The van der Waals surface area contributed by atoms with E-state index >= 15 is 0 Å². The average Bonchev–Trinajstić information content (AvgIpc) is 3.02. The van der Waals surface area contributed by atoms with Crippen LogP contribution in [0.25, 0.3) is 10.9 Å². The van der Waals surface area contributed by atoms with E-state index in [9.17, 15) is 13.2 Å². The fraction of sp³-hybridized carbons (Fsp3) is 0.250. The molecule has 2 aromatic carbocycles. The van der Waals surface area contributed by atoms with Gasteiger partial charge in [-0.15, -0.1) is 0 Å². The van der Waals surface area contributed by atoms with E-state index in [2.05, 4.69) is 4.72 Å². The van der Waals surface area contributed by atoms with Gasteiger partial charge in [-0.05, 0) is 37.3 Å². The van der Waals surface area contributed by atoms with Crippen LogP contribution in [0.15, 0.2) is 53.6 Å². The molecule has 3 rings (SSSR count). The molecule has 0 unspecified atom stereocenters. The molecular weight excluding hydrogens is 384 g/mol. The summed E-state index contributed by atoms with van der Waals surface area (Å²) in [5, 5.41) is 1.06. The molecule has 1 N–H and O–H groups in total. The van der Waals surface area contributed by atoms with Crippen LogP contribution in [0.2, 0.25) is 5.02 Å². The maximum absolute atomic E-state index is 12.8. The molecule has 0 radical (unpaired) electrons. The van der Waals surface area contributed by atoms with Crippen LogP contribution in [0.3, 0.4) is 0 Å². The van der Waals surface area contributed by atoms with E-state index in [0.29, 0.717) is 21.6 Å². The van der Waals surface area contributed by atoms with Crippen LogP contribution >= 0.6 is 11.6 Å². The molecule has 1 heterocycles. The van der Waals surface area contributed by atoms with Crippen molar-refractivity contribution in [1.82, 2.24) is 4.57 Å². The molecule has 0 saturated heterocycles. The summed E-state index contributed by atoms with van der Waals surface area (Å²) < 4.78 is 29.7. The molecule has 0 spiro atoms. The van der Waals surface area contributed by atoms with E-state index in [4.69, 9.17) is 11.6 Å². The third-order valence-corrected chi connectivity index (χ3v) is 5.94. The molecule has 0 amide bonds. The van der Waals surface area contributed by atoms with Crippen LogP contribution in [0.4, 0.5) is 5.69 Å². The number of sulfonamides is 1. The smallest absolute Gasteiger partial charge is 0.261 e. The number of aryl methyl sites for hydroxylation is 1. The summed E-state index contributed by atoms with van der Waals surface area (Å²) in [6.07, 6.45) is 1.62. The molecule has 0 aliphatic carbocycles. The first-order valence-corrected chi connectivity index (χ1v) is 10.3. The SMILES string of the molecule is Cc1ccc(S(=O)(=O)Nc2ccc(Cl)c3ccn(C(=O)C(C)(C)C)c23)cc1. The summed E-state index contributed by atoms with van der Waals surface area (Å²) in [4.78, 5) is 13.0. The first kappa shape index (κ1) is 19.5. The van der Waals surface area contributed by atoms with Gasteiger partial charge in [0.05, 0.1) is 21.1 Å². The Morgan fingerprint density at radius 1 is 1.04 bits per heavy atom. The molecule has 142 valence electrons. The Hall–Kier alpha value is -2.31. The Balaban J connectivity index is 2.15. The van der Waals surface area contributed by atoms with Gasteiger partial charge in [-0.1, -0.05) is 50.1 Å². The fourth-order valence-corrected chi connectivity index (χ4v) is 4.04. The maximum atomic E-state index is 12.8. The minimum Gasteiger partial charge on any atom is -0.285 e. The van der Waals surface area contributed by atoms with Crippen LogP contribution in [0.1, 0.15) is 31.1 Å². The first-order chi connectivity index (χ1) is 12.5. The highest BCUT2D eigenvalue weighted by molar-refractivity contribution is 7.92. The molecule has 0 saturated carbocycles. The van der Waals surface area contributed by atoms with Crippen molar-refractivity contribution in [2.45, 2.75) is 32.6 Å². The van der Waals surface area contributed by atoms with E-state index < -0.39 is 15.4 Å². The largest absolute Gasteiger partial charge is 0.285 e. The van der Waals surface area contributed by atoms with Gasteiger partial charge in [0, 0.05) is 17.0 Å². The number of aromatic nitrogens is 1. The number of halogens is 1. The summed E-state index contributed by atoms with van der Waals surface area (Å²) in [6.45, 7) is 7.31. The van der Waals surface area contributed by atoms with Crippen molar-refractivity contribution in [3.63, 3.8) is 0 Å². The van der Waals surface area contributed by atoms with Crippen molar-refractivity contribution in [2.75, 3.05) is 4.72 Å². The van der Waals surface area contributed by atoms with Crippen molar-refractivity contribution in [3.05, 3.63) is 59.2 Å². The van der Waals surface area contributed by atoms with Gasteiger partial charge in [-0.25, -0.2) is 8.42 Å². The van der Waals surface area contributed by atoms with Crippen molar-refractivity contribution >= 4 is 44.1 Å². The van der Waals surface area contributed by atoms with Gasteiger partial charge in [-0.3, -0.25) is 14.1 Å². The van der Waals surface area contributed by atoms with Crippen LogP contribution in [-0.4, -0.2) is 18.9 Å². The lowest BCUT2D eigenvalue weighted by Gasteiger charge is -2.19. The lowest BCUT2D eigenvalue weighted by molar-refractivity contribution is 0.0773. The lowest BCUT2D eigenvalue weighted by atomic mass is 9.95. The number of nitrogens with one attached hydrogen (secondary N) is 1. The summed E-state index contributed by atoms with van der Waals surface area (Å²) in [5.74, 6) is -0.157. The van der Waals surface area contributed by atoms with Gasteiger partial charge in [0.25, 0.3) is 10.0 Å². The predicted molar refractivity (Wildman–Crippen MR) is 109 cm³/mol. The second-order valence-electron chi connectivity index (χ2n) is 7.52. The third-order valence-electron chi connectivity index (χ3n) is 4.23. The van der Waals surface area contributed by atoms with Gasteiger partial charge >= 0.3 is 0 Å². The van der Waals surface area contributed by atoms with E-state index in [0.717, 1.165) is 5.56 Å². The fourth-order valence-electron chi connectivity index (χ4n) is 2.76. The van der Waals surface area contributed by atoms with Crippen molar-refractivity contribution in [3.8, 4) is 0 Å². The Labute approximate surface area is 164 Å². The number of anilines is 1. The number of carbonyl (C=O) groups is 1. The van der Waals surface area contributed by atoms with Crippen LogP contribution < -0.4 is 4.72 Å². The minimum atomic E-state index is -3.81. The third kappa shape index (κ3) is 3.73. The number of rotatable bonds is 3. The average molecular weight is 405 g/mol. The van der Waals surface area contributed by atoms with Crippen molar-refractivity contribution in [1.29, 1.82) is 0 Å². The molecule has 1 aromatic heterocycles. The Bertz CT molecular complexity index is 1120.